The van der Waals surface area contributed by atoms with Gasteiger partial charge in [-0.1, -0.05) is 44.7 Å². The predicted molar refractivity (Wildman–Crippen MR) is 113 cm³/mol. The molecule has 1 aromatic carbocycles. The first kappa shape index (κ1) is 23.0. The summed E-state index contributed by atoms with van der Waals surface area (Å²) in [6, 6.07) is 4.92. The van der Waals surface area contributed by atoms with E-state index < -0.39 is 11.5 Å². The van der Waals surface area contributed by atoms with Gasteiger partial charge in [-0.05, 0) is 37.0 Å². The second-order valence-corrected chi connectivity index (χ2v) is 8.24. The summed E-state index contributed by atoms with van der Waals surface area (Å²) in [5.41, 5.74) is 0.0531. The Bertz CT molecular complexity index is 745. The first-order valence-electron chi connectivity index (χ1n) is 9.98. The van der Waals surface area contributed by atoms with E-state index in [4.69, 9.17) is 16.3 Å². The molecule has 1 aromatic rings. The summed E-state index contributed by atoms with van der Waals surface area (Å²) >= 11 is 6.23. The fourth-order valence-electron chi connectivity index (χ4n) is 3.43. The van der Waals surface area contributed by atoms with E-state index in [1.807, 2.05) is 13.8 Å². The summed E-state index contributed by atoms with van der Waals surface area (Å²) in [4.78, 5) is 36.8. The van der Waals surface area contributed by atoms with Crippen molar-refractivity contribution in [2.24, 2.45) is 5.92 Å². The maximum Gasteiger partial charge on any atom is 0.331 e. The highest BCUT2D eigenvalue weighted by molar-refractivity contribution is 6.34. The van der Waals surface area contributed by atoms with Gasteiger partial charge in [0, 0.05) is 12.2 Å². The molecule has 0 aromatic heterocycles. The number of benzene rings is 1. The number of amides is 2. The third-order valence-corrected chi connectivity index (χ3v) is 5.31. The van der Waals surface area contributed by atoms with Gasteiger partial charge in [0.15, 0.2) is 0 Å². The highest BCUT2D eigenvalue weighted by Crippen LogP contribution is 2.29. The fraction of sp³-hybridized carbons (Fsp3) is 0.571. The summed E-state index contributed by atoms with van der Waals surface area (Å²) in [5, 5.41) is 8.96. The number of esters is 1. The smallest absolute Gasteiger partial charge is 0.331 e. The average molecular weight is 424 g/mol. The summed E-state index contributed by atoms with van der Waals surface area (Å²) in [6.45, 7) is 4.57. The minimum Gasteiger partial charge on any atom is -0.467 e. The number of ether oxygens (including phenoxy) is 1. The van der Waals surface area contributed by atoms with Crippen molar-refractivity contribution in [2.75, 3.05) is 25.5 Å². The first-order valence-corrected chi connectivity index (χ1v) is 10.4. The van der Waals surface area contributed by atoms with Crippen LogP contribution in [0.15, 0.2) is 18.2 Å². The molecule has 0 atom stereocenters. The van der Waals surface area contributed by atoms with Gasteiger partial charge in [-0.3, -0.25) is 9.59 Å². The molecule has 0 radical (unpaired) electrons. The number of anilines is 1. The maximum atomic E-state index is 12.4. The molecule has 0 aliphatic heterocycles. The van der Waals surface area contributed by atoms with Crippen molar-refractivity contribution in [3.8, 4) is 0 Å². The molecule has 29 heavy (non-hydrogen) atoms. The fourth-order valence-corrected chi connectivity index (χ4v) is 3.69. The van der Waals surface area contributed by atoms with Gasteiger partial charge in [0.1, 0.15) is 5.54 Å². The summed E-state index contributed by atoms with van der Waals surface area (Å²) in [5.74, 6) is -0.586. The van der Waals surface area contributed by atoms with Crippen LogP contribution >= 0.6 is 11.6 Å². The number of methoxy groups -OCH3 is 1. The second kappa shape index (κ2) is 10.5. The number of nitrogens with one attached hydrogen (secondary N) is 3. The molecule has 0 saturated heterocycles. The normalized spacial score (nSPS) is 15.5. The Labute approximate surface area is 176 Å². The van der Waals surface area contributed by atoms with E-state index in [1.165, 1.54) is 7.11 Å². The number of carbonyl (C=O) groups is 3. The Morgan fingerprint density at radius 1 is 1.17 bits per heavy atom. The molecule has 8 heteroatoms. The van der Waals surface area contributed by atoms with Crippen LogP contribution in [-0.4, -0.2) is 43.5 Å². The van der Waals surface area contributed by atoms with E-state index in [1.54, 1.807) is 18.2 Å². The van der Waals surface area contributed by atoms with Crippen molar-refractivity contribution in [3.63, 3.8) is 0 Å². The quantitative estimate of drug-likeness (QED) is 0.558. The molecule has 0 heterocycles. The molecule has 0 unspecified atom stereocenters. The Hall–Kier alpha value is -2.28. The summed E-state index contributed by atoms with van der Waals surface area (Å²) in [7, 11) is 1.34. The van der Waals surface area contributed by atoms with Crippen LogP contribution in [0.5, 0.6) is 0 Å². The van der Waals surface area contributed by atoms with Crippen LogP contribution in [-0.2, 0) is 14.3 Å². The predicted octanol–water partition coefficient (Wildman–Crippen LogP) is 3.13. The molecule has 0 bridgehead atoms. The van der Waals surface area contributed by atoms with Crippen molar-refractivity contribution >= 4 is 35.1 Å². The Kier molecular flexibility index (Phi) is 8.32. The molecule has 2 amide bonds. The van der Waals surface area contributed by atoms with E-state index in [0.29, 0.717) is 41.6 Å². The molecule has 0 spiro atoms. The standard InChI is InChI=1S/C21H30ClN3O4/c1-14(2)12-24-19(27)16-8-7-15(11-17(16)22)23-13-18(26)25-21(20(28)29-3)9-5-4-6-10-21/h7-8,11,14,23H,4-6,9-10,12-13H2,1-3H3,(H,24,27)(H,25,26). The van der Waals surface area contributed by atoms with Crippen LogP contribution in [0.4, 0.5) is 5.69 Å². The van der Waals surface area contributed by atoms with Gasteiger partial charge in [0.05, 0.1) is 24.2 Å². The van der Waals surface area contributed by atoms with Crippen LogP contribution in [0.25, 0.3) is 0 Å². The van der Waals surface area contributed by atoms with Gasteiger partial charge in [0.2, 0.25) is 5.91 Å². The Morgan fingerprint density at radius 2 is 1.86 bits per heavy atom. The van der Waals surface area contributed by atoms with Gasteiger partial charge >= 0.3 is 5.97 Å². The third kappa shape index (κ3) is 6.35. The van der Waals surface area contributed by atoms with Gasteiger partial charge < -0.3 is 20.7 Å². The number of carbonyl (C=O) groups excluding carboxylic acids is 3. The van der Waals surface area contributed by atoms with Gasteiger partial charge in [-0.15, -0.1) is 0 Å². The van der Waals surface area contributed by atoms with Crippen molar-refractivity contribution < 1.29 is 19.1 Å². The van der Waals surface area contributed by atoms with Crippen molar-refractivity contribution in [1.82, 2.24) is 10.6 Å². The van der Waals surface area contributed by atoms with Crippen molar-refractivity contribution in [2.45, 2.75) is 51.5 Å². The molecular weight excluding hydrogens is 394 g/mol. The summed E-state index contributed by atoms with van der Waals surface area (Å²) < 4.78 is 4.91. The SMILES string of the molecule is COC(=O)C1(NC(=O)CNc2ccc(C(=O)NCC(C)C)c(Cl)c2)CCCCC1. The molecule has 1 aliphatic carbocycles. The van der Waals surface area contributed by atoms with Gasteiger partial charge in [-0.25, -0.2) is 4.79 Å². The Balaban J connectivity index is 1.95. The highest BCUT2D eigenvalue weighted by atomic mass is 35.5. The monoisotopic (exact) mass is 423 g/mol. The lowest BCUT2D eigenvalue weighted by Gasteiger charge is -2.35. The number of hydrogen-bond donors (Lipinski definition) is 3. The minimum atomic E-state index is -0.943. The number of hydrogen-bond acceptors (Lipinski definition) is 5. The van der Waals surface area contributed by atoms with Crippen LogP contribution in [0.1, 0.15) is 56.3 Å². The number of rotatable bonds is 8. The third-order valence-electron chi connectivity index (χ3n) is 5.00. The molecule has 2 rings (SSSR count). The van der Waals surface area contributed by atoms with Crippen LogP contribution < -0.4 is 16.0 Å². The zero-order valence-corrected chi connectivity index (χ0v) is 18.0. The first-order chi connectivity index (χ1) is 13.8. The lowest BCUT2D eigenvalue weighted by Crippen LogP contribution is -2.57. The lowest BCUT2D eigenvalue weighted by molar-refractivity contribution is -0.152. The molecule has 7 nitrogen and oxygen atoms in total. The molecular formula is C21H30ClN3O4. The van der Waals surface area contributed by atoms with E-state index in [9.17, 15) is 14.4 Å². The Morgan fingerprint density at radius 3 is 2.45 bits per heavy atom. The highest BCUT2D eigenvalue weighted by Gasteiger charge is 2.41. The van der Waals surface area contributed by atoms with E-state index in [0.717, 1.165) is 19.3 Å². The topological polar surface area (TPSA) is 96.5 Å². The minimum absolute atomic E-state index is 0.0199. The average Bonchev–Trinajstić information content (AvgIpc) is 2.70. The van der Waals surface area contributed by atoms with E-state index in [-0.39, 0.29) is 18.4 Å². The number of halogens is 1. The zero-order chi connectivity index (χ0) is 21.4. The van der Waals surface area contributed by atoms with Crippen LogP contribution in [0.2, 0.25) is 5.02 Å². The summed E-state index contributed by atoms with van der Waals surface area (Å²) in [6.07, 6.45) is 3.95. The van der Waals surface area contributed by atoms with E-state index in [2.05, 4.69) is 16.0 Å². The molecule has 1 saturated carbocycles. The van der Waals surface area contributed by atoms with Crippen molar-refractivity contribution in [3.05, 3.63) is 28.8 Å². The van der Waals surface area contributed by atoms with Crippen LogP contribution in [0.3, 0.4) is 0 Å². The second-order valence-electron chi connectivity index (χ2n) is 7.83. The molecule has 3 N–H and O–H groups in total. The van der Waals surface area contributed by atoms with E-state index >= 15 is 0 Å². The maximum absolute atomic E-state index is 12.4. The van der Waals surface area contributed by atoms with Gasteiger partial charge in [-0.2, -0.15) is 0 Å². The van der Waals surface area contributed by atoms with Crippen molar-refractivity contribution in [1.29, 1.82) is 0 Å². The van der Waals surface area contributed by atoms with Gasteiger partial charge in [0.25, 0.3) is 5.91 Å². The molecule has 160 valence electrons. The molecule has 1 fully saturated rings. The largest absolute Gasteiger partial charge is 0.467 e. The molecule has 1 aliphatic rings. The lowest BCUT2D eigenvalue weighted by atomic mass is 9.81. The zero-order valence-electron chi connectivity index (χ0n) is 17.3. The van der Waals surface area contributed by atoms with Crippen LogP contribution in [0, 0.1) is 5.92 Å².